The van der Waals surface area contributed by atoms with Crippen molar-refractivity contribution in [1.29, 1.82) is 0 Å². The Labute approximate surface area is 240 Å². The molecule has 4 atom stereocenters. The number of ether oxygens (including phenoxy) is 3. The number of hydrogen-bond donors (Lipinski definition) is 2. The van der Waals surface area contributed by atoms with Crippen molar-refractivity contribution in [2.75, 3.05) is 13.7 Å². The van der Waals surface area contributed by atoms with Crippen molar-refractivity contribution in [2.45, 2.75) is 86.0 Å². The van der Waals surface area contributed by atoms with Gasteiger partial charge in [-0.15, -0.1) is 0 Å². The number of rotatable bonds is 15. The molecule has 0 aromatic rings. The van der Waals surface area contributed by atoms with Crippen LogP contribution in [-0.2, 0) is 28.6 Å². The summed E-state index contributed by atoms with van der Waals surface area (Å²) in [6, 6.07) is -0.725. The zero-order chi connectivity index (χ0) is 30.1. The van der Waals surface area contributed by atoms with E-state index in [1.165, 1.54) is 13.2 Å². The van der Waals surface area contributed by atoms with Crippen LogP contribution in [0.15, 0.2) is 72.2 Å². The zero-order valence-corrected chi connectivity index (χ0v) is 25.4. The second kappa shape index (κ2) is 18.1. The molecule has 1 aliphatic heterocycles. The Hall–Kier alpha value is -3.39. The molecule has 0 aromatic heterocycles. The van der Waals surface area contributed by atoms with Crippen LogP contribution in [0.3, 0.4) is 0 Å². The lowest BCUT2D eigenvalue weighted by molar-refractivity contribution is -0.151. The van der Waals surface area contributed by atoms with Gasteiger partial charge in [0.1, 0.15) is 12.1 Å². The van der Waals surface area contributed by atoms with Crippen molar-refractivity contribution in [3.05, 3.63) is 72.2 Å². The number of cyclic esters (lactones) is 1. The van der Waals surface area contributed by atoms with Crippen LogP contribution in [0.4, 0.5) is 0 Å². The topological polar surface area (TPSA) is 103 Å². The fourth-order valence-electron chi connectivity index (χ4n) is 4.03. The first-order valence-corrected chi connectivity index (χ1v) is 13.9. The van der Waals surface area contributed by atoms with Crippen molar-refractivity contribution in [3.63, 3.8) is 0 Å². The Balaban J connectivity index is 2.67. The van der Waals surface area contributed by atoms with E-state index in [4.69, 9.17) is 14.2 Å². The highest BCUT2D eigenvalue weighted by Crippen LogP contribution is 2.23. The van der Waals surface area contributed by atoms with Crippen molar-refractivity contribution in [2.24, 2.45) is 11.3 Å². The number of methoxy groups -OCH3 is 1. The second-order valence-corrected chi connectivity index (χ2v) is 10.8. The summed E-state index contributed by atoms with van der Waals surface area (Å²) in [7, 11) is 1.45. The molecule has 0 unspecified atom stereocenters. The third kappa shape index (κ3) is 13.1. The minimum atomic E-state index is -0.725. The standard InChI is InChI=1S/C32H48N2O6/c1-9-11-16-25(39-10-2)17-14-21-33-30(36)29(32(5,6)7)34-28(35)18-13-12-15-23(3)22-24(4)26-19-20-27(38-8)31(37)40-26/h9,11-15,18,20-22,24-26,29H,10,16-17,19H2,1-8H3,(H,33,36)(H,34,35)/b11-9-,15-12-,18-13-,21-14-,23-22+/t24-,25-,26-,29+/m0/s1. The van der Waals surface area contributed by atoms with Crippen LogP contribution in [0.5, 0.6) is 0 Å². The molecule has 1 aliphatic rings. The normalized spacial score (nSPS) is 19.1. The molecule has 0 fully saturated rings. The largest absolute Gasteiger partial charge is 0.490 e. The first-order chi connectivity index (χ1) is 18.9. The zero-order valence-electron chi connectivity index (χ0n) is 25.4. The molecule has 0 saturated carbocycles. The van der Waals surface area contributed by atoms with Gasteiger partial charge in [-0.2, -0.15) is 0 Å². The lowest BCUT2D eigenvalue weighted by atomic mass is 9.86. The molecule has 0 radical (unpaired) electrons. The third-order valence-corrected chi connectivity index (χ3v) is 6.24. The van der Waals surface area contributed by atoms with Crippen LogP contribution in [-0.4, -0.2) is 49.8 Å². The van der Waals surface area contributed by atoms with Gasteiger partial charge >= 0.3 is 5.97 Å². The predicted octanol–water partition coefficient (Wildman–Crippen LogP) is 5.45. The SMILES string of the molecule is C/C=C\C[C@@H](C/C=C\NC(=O)[C@@H](NC(=O)\C=C/C=C\C(C)=C\[C@H](C)[C@@H]1CC=C(OC)C(=O)O1)C(C)(C)C)OCC. The maximum atomic E-state index is 12.9. The Morgan fingerprint density at radius 1 is 1.18 bits per heavy atom. The van der Waals surface area contributed by atoms with E-state index < -0.39 is 17.4 Å². The smallest absolute Gasteiger partial charge is 0.373 e. The van der Waals surface area contributed by atoms with Crippen molar-refractivity contribution >= 4 is 17.8 Å². The summed E-state index contributed by atoms with van der Waals surface area (Å²) in [6.07, 6.45) is 19.8. The number of nitrogens with one attached hydrogen (secondary N) is 2. The minimum Gasteiger partial charge on any atom is -0.490 e. The Morgan fingerprint density at radius 3 is 2.45 bits per heavy atom. The first kappa shape index (κ1) is 34.6. The molecule has 40 heavy (non-hydrogen) atoms. The van der Waals surface area contributed by atoms with Gasteiger partial charge < -0.3 is 24.8 Å². The van der Waals surface area contributed by atoms with E-state index in [0.29, 0.717) is 19.4 Å². The Bertz CT molecular complexity index is 1010. The molecular formula is C32H48N2O6. The van der Waals surface area contributed by atoms with Gasteiger partial charge in [-0.1, -0.05) is 75.8 Å². The van der Waals surface area contributed by atoms with Crippen LogP contribution < -0.4 is 10.6 Å². The van der Waals surface area contributed by atoms with Gasteiger partial charge in [0.05, 0.1) is 13.2 Å². The molecule has 0 aromatic carbocycles. The summed E-state index contributed by atoms with van der Waals surface area (Å²) in [5, 5.41) is 5.60. The van der Waals surface area contributed by atoms with E-state index in [2.05, 4.69) is 16.7 Å². The van der Waals surface area contributed by atoms with Crippen LogP contribution >= 0.6 is 0 Å². The highest BCUT2D eigenvalue weighted by atomic mass is 16.6. The lowest BCUT2D eigenvalue weighted by Gasteiger charge is -2.29. The number of carbonyl (C=O) groups is 3. The fraction of sp³-hybridized carbons (Fsp3) is 0.531. The highest BCUT2D eigenvalue weighted by molar-refractivity contribution is 5.93. The molecule has 1 rings (SSSR count). The van der Waals surface area contributed by atoms with Gasteiger partial charge in [-0.05, 0) is 51.3 Å². The number of esters is 1. The molecule has 8 heteroatoms. The van der Waals surface area contributed by atoms with E-state index in [9.17, 15) is 14.4 Å². The number of carbonyl (C=O) groups excluding carboxylic acids is 3. The van der Waals surface area contributed by atoms with Gasteiger partial charge in [0.25, 0.3) is 0 Å². The van der Waals surface area contributed by atoms with Crippen molar-refractivity contribution in [3.8, 4) is 0 Å². The first-order valence-electron chi connectivity index (χ1n) is 13.9. The van der Waals surface area contributed by atoms with Gasteiger partial charge in [-0.25, -0.2) is 4.79 Å². The lowest BCUT2D eigenvalue weighted by Crippen LogP contribution is -2.52. The van der Waals surface area contributed by atoms with Crippen LogP contribution in [0.25, 0.3) is 0 Å². The molecule has 0 aliphatic carbocycles. The highest BCUT2D eigenvalue weighted by Gasteiger charge is 2.32. The van der Waals surface area contributed by atoms with E-state index >= 15 is 0 Å². The maximum Gasteiger partial charge on any atom is 0.373 e. The van der Waals surface area contributed by atoms with E-state index in [-0.39, 0.29) is 35.7 Å². The summed E-state index contributed by atoms with van der Waals surface area (Å²) in [5.74, 6) is -0.854. The van der Waals surface area contributed by atoms with Gasteiger partial charge in [-0.3, -0.25) is 9.59 Å². The minimum absolute atomic E-state index is 0.00822. The van der Waals surface area contributed by atoms with Gasteiger partial charge in [0.15, 0.2) is 5.76 Å². The molecule has 8 nitrogen and oxygen atoms in total. The molecule has 2 N–H and O–H groups in total. The van der Waals surface area contributed by atoms with Crippen molar-refractivity contribution < 1.29 is 28.6 Å². The summed E-state index contributed by atoms with van der Waals surface area (Å²) in [4.78, 5) is 37.3. The van der Waals surface area contributed by atoms with Crippen LogP contribution in [0, 0.1) is 11.3 Å². The van der Waals surface area contributed by atoms with E-state index in [1.54, 1.807) is 24.4 Å². The Kier molecular flexibility index (Phi) is 15.6. The average Bonchev–Trinajstić information content (AvgIpc) is 2.89. The summed E-state index contributed by atoms with van der Waals surface area (Å²) >= 11 is 0. The van der Waals surface area contributed by atoms with E-state index in [0.717, 1.165) is 12.0 Å². The number of hydrogen-bond acceptors (Lipinski definition) is 6. The second-order valence-electron chi connectivity index (χ2n) is 10.8. The monoisotopic (exact) mass is 556 g/mol. The predicted molar refractivity (Wildman–Crippen MR) is 159 cm³/mol. The molecular weight excluding hydrogens is 508 g/mol. The summed E-state index contributed by atoms with van der Waals surface area (Å²) < 4.78 is 16.1. The average molecular weight is 557 g/mol. The quantitative estimate of drug-likeness (QED) is 0.120. The molecule has 222 valence electrons. The van der Waals surface area contributed by atoms with Crippen LogP contribution in [0.2, 0.25) is 0 Å². The molecule has 0 bridgehead atoms. The number of allylic oxidation sites excluding steroid dienone is 5. The Morgan fingerprint density at radius 2 is 1.85 bits per heavy atom. The van der Waals surface area contributed by atoms with Crippen LogP contribution in [0.1, 0.15) is 67.7 Å². The van der Waals surface area contributed by atoms with E-state index in [1.807, 2.05) is 72.8 Å². The van der Waals surface area contributed by atoms with Crippen molar-refractivity contribution in [1.82, 2.24) is 10.6 Å². The molecule has 0 saturated heterocycles. The summed E-state index contributed by atoms with van der Waals surface area (Å²) in [5.41, 5.74) is 0.472. The maximum absolute atomic E-state index is 12.9. The molecule has 2 amide bonds. The van der Waals surface area contributed by atoms with Gasteiger partial charge in [0.2, 0.25) is 11.8 Å². The number of amides is 2. The fourth-order valence-corrected chi connectivity index (χ4v) is 4.03. The molecule has 0 spiro atoms. The third-order valence-electron chi connectivity index (χ3n) is 6.24. The molecule has 1 heterocycles. The summed E-state index contributed by atoms with van der Waals surface area (Å²) in [6.45, 7) is 14.2. The van der Waals surface area contributed by atoms with Gasteiger partial charge in [0, 0.05) is 25.0 Å².